The van der Waals surface area contributed by atoms with Gasteiger partial charge >= 0.3 is 0 Å². The van der Waals surface area contributed by atoms with Crippen LogP contribution in [0.25, 0.3) is 0 Å². The summed E-state index contributed by atoms with van der Waals surface area (Å²) in [4.78, 5) is 0. The normalized spacial score (nSPS) is 14.3. The Morgan fingerprint density at radius 1 is 1.38 bits per heavy atom. The summed E-state index contributed by atoms with van der Waals surface area (Å²) in [6.07, 6.45) is 4.09. The Morgan fingerprint density at radius 3 is 2.71 bits per heavy atom. The zero-order chi connectivity index (χ0) is 15.4. The molecule has 0 spiro atoms. The third kappa shape index (κ3) is 4.41. The van der Waals surface area contributed by atoms with Crippen molar-refractivity contribution in [2.75, 3.05) is 6.54 Å². The van der Waals surface area contributed by atoms with E-state index in [0.717, 1.165) is 28.9 Å². The standard InChI is InChI=1S/C15H21Br2N3S/c1-4-10(3)20-7-6-11(19-20)8-13(18-5-2)12-9-14(16)21-15(12)17/h6-7,9-10,13,18H,4-5,8H2,1-3H3. The smallest absolute Gasteiger partial charge is 0.0758 e. The molecular formula is C15H21Br2N3S. The van der Waals surface area contributed by atoms with E-state index < -0.39 is 0 Å². The number of likely N-dealkylation sites (N-methyl/N-ethyl adjacent to an activating group) is 1. The molecule has 0 saturated heterocycles. The number of aromatic nitrogens is 2. The second-order valence-electron chi connectivity index (χ2n) is 5.14. The first-order valence-electron chi connectivity index (χ1n) is 7.27. The first kappa shape index (κ1) is 17.2. The van der Waals surface area contributed by atoms with Crippen molar-refractivity contribution in [2.24, 2.45) is 0 Å². The molecule has 0 aliphatic heterocycles. The number of thiophene rings is 1. The number of nitrogens with zero attached hydrogens (tertiary/aromatic N) is 2. The Hall–Kier alpha value is -0.170. The fourth-order valence-electron chi connectivity index (χ4n) is 2.26. The Labute approximate surface area is 147 Å². The number of halogens is 2. The van der Waals surface area contributed by atoms with Crippen molar-refractivity contribution in [3.63, 3.8) is 0 Å². The van der Waals surface area contributed by atoms with E-state index in [4.69, 9.17) is 5.10 Å². The highest BCUT2D eigenvalue weighted by atomic mass is 79.9. The van der Waals surface area contributed by atoms with Gasteiger partial charge in [-0.1, -0.05) is 13.8 Å². The van der Waals surface area contributed by atoms with Crippen LogP contribution in [-0.2, 0) is 6.42 Å². The van der Waals surface area contributed by atoms with Gasteiger partial charge in [0.2, 0.25) is 0 Å². The maximum absolute atomic E-state index is 4.72. The minimum absolute atomic E-state index is 0.284. The Morgan fingerprint density at radius 2 is 2.14 bits per heavy atom. The lowest BCUT2D eigenvalue weighted by molar-refractivity contribution is 0.467. The van der Waals surface area contributed by atoms with Gasteiger partial charge in [0.1, 0.15) is 0 Å². The molecule has 0 aliphatic rings. The fourth-order valence-corrected chi connectivity index (χ4v) is 5.23. The SMILES string of the molecule is CCNC(Cc1ccn(C(C)CC)n1)c1cc(Br)sc1Br. The van der Waals surface area contributed by atoms with Crippen molar-refractivity contribution in [2.45, 2.75) is 45.7 Å². The Bertz CT molecular complexity index is 579. The van der Waals surface area contributed by atoms with Gasteiger partial charge < -0.3 is 5.32 Å². The maximum atomic E-state index is 4.72. The molecule has 2 aromatic heterocycles. The number of hydrogen-bond donors (Lipinski definition) is 1. The van der Waals surface area contributed by atoms with Crippen molar-refractivity contribution in [1.29, 1.82) is 0 Å². The molecule has 3 nitrogen and oxygen atoms in total. The minimum atomic E-state index is 0.284. The summed E-state index contributed by atoms with van der Waals surface area (Å²) in [5.74, 6) is 0. The highest BCUT2D eigenvalue weighted by Gasteiger charge is 2.18. The van der Waals surface area contributed by atoms with Crippen LogP contribution in [-0.4, -0.2) is 16.3 Å². The van der Waals surface area contributed by atoms with Gasteiger partial charge in [-0.2, -0.15) is 5.10 Å². The summed E-state index contributed by atoms with van der Waals surface area (Å²) >= 11 is 8.94. The lowest BCUT2D eigenvalue weighted by Gasteiger charge is -2.16. The molecule has 0 bridgehead atoms. The van der Waals surface area contributed by atoms with Crippen molar-refractivity contribution < 1.29 is 0 Å². The van der Waals surface area contributed by atoms with Crippen LogP contribution in [0.5, 0.6) is 0 Å². The molecule has 0 fully saturated rings. The summed E-state index contributed by atoms with van der Waals surface area (Å²) in [5.41, 5.74) is 2.43. The highest BCUT2D eigenvalue weighted by Crippen LogP contribution is 2.36. The third-order valence-corrected chi connectivity index (χ3v) is 6.01. The molecule has 6 heteroatoms. The molecule has 0 aromatic carbocycles. The van der Waals surface area contributed by atoms with Crippen LogP contribution in [0.2, 0.25) is 0 Å². The van der Waals surface area contributed by atoms with E-state index in [1.165, 1.54) is 9.35 Å². The zero-order valence-electron chi connectivity index (χ0n) is 12.6. The average Bonchev–Trinajstić information content (AvgIpc) is 3.04. The van der Waals surface area contributed by atoms with Gasteiger partial charge in [0.15, 0.2) is 0 Å². The zero-order valence-corrected chi connectivity index (χ0v) is 16.6. The molecule has 1 N–H and O–H groups in total. The summed E-state index contributed by atoms with van der Waals surface area (Å²) in [5, 5.41) is 8.28. The Kier molecular flexibility index (Phi) is 6.47. The van der Waals surface area contributed by atoms with Crippen LogP contribution in [0.3, 0.4) is 0 Å². The highest BCUT2D eigenvalue weighted by molar-refractivity contribution is 9.12. The van der Waals surface area contributed by atoms with E-state index in [1.54, 1.807) is 11.3 Å². The molecule has 2 atom stereocenters. The third-order valence-electron chi connectivity index (χ3n) is 3.63. The second-order valence-corrected chi connectivity index (χ2v) is 8.89. The second kappa shape index (κ2) is 7.90. The molecule has 0 amide bonds. The average molecular weight is 435 g/mol. The molecule has 2 rings (SSSR count). The quantitative estimate of drug-likeness (QED) is 0.637. The van der Waals surface area contributed by atoms with Gasteiger partial charge in [-0.05, 0) is 69.4 Å². The van der Waals surface area contributed by atoms with Crippen LogP contribution < -0.4 is 5.32 Å². The fraction of sp³-hybridized carbons (Fsp3) is 0.533. The number of nitrogens with one attached hydrogen (secondary N) is 1. The Balaban J connectivity index is 2.16. The maximum Gasteiger partial charge on any atom is 0.0758 e. The van der Waals surface area contributed by atoms with Crippen LogP contribution in [0.4, 0.5) is 0 Å². The first-order chi connectivity index (χ1) is 10.0. The van der Waals surface area contributed by atoms with E-state index >= 15 is 0 Å². The van der Waals surface area contributed by atoms with Crippen molar-refractivity contribution in [1.82, 2.24) is 15.1 Å². The van der Waals surface area contributed by atoms with Crippen LogP contribution >= 0.6 is 43.2 Å². The van der Waals surface area contributed by atoms with Crippen molar-refractivity contribution >= 4 is 43.2 Å². The van der Waals surface area contributed by atoms with Gasteiger partial charge in [0.25, 0.3) is 0 Å². The first-order valence-corrected chi connectivity index (χ1v) is 9.67. The molecule has 21 heavy (non-hydrogen) atoms. The summed E-state index contributed by atoms with van der Waals surface area (Å²) < 4.78 is 4.40. The number of hydrogen-bond acceptors (Lipinski definition) is 3. The molecule has 0 radical (unpaired) electrons. The molecule has 2 aromatic rings. The van der Waals surface area contributed by atoms with Gasteiger partial charge in [-0.3, -0.25) is 4.68 Å². The van der Waals surface area contributed by atoms with Gasteiger partial charge in [-0.15, -0.1) is 11.3 Å². The largest absolute Gasteiger partial charge is 0.310 e. The lowest BCUT2D eigenvalue weighted by Crippen LogP contribution is -2.23. The monoisotopic (exact) mass is 433 g/mol. The summed E-state index contributed by atoms with van der Waals surface area (Å²) in [6.45, 7) is 7.47. The predicted molar refractivity (Wildman–Crippen MR) is 97.1 cm³/mol. The van der Waals surface area contributed by atoms with Crippen LogP contribution in [0, 0.1) is 0 Å². The lowest BCUT2D eigenvalue weighted by atomic mass is 10.1. The van der Waals surface area contributed by atoms with E-state index in [2.05, 4.69) is 81.0 Å². The van der Waals surface area contributed by atoms with E-state index in [0.29, 0.717) is 6.04 Å². The van der Waals surface area contributed by atoms with Gasteiger partial charge in [-0.25, -0.2) is 0 Å². The van der Waals surface area contributed by atoms with Gasteiger partial charge in [0, 0.05) is 24.7 Å². The van der Waals surface area contributed by atoms with Crippen LogP contribution in [0.1, 0.15) is 50.5 Å². The summed E-state index contributed by atoms with van der Waals surface area (Å²) in [6, 6.07) is 5.06. The van der Waals surface area contributed by atoms with Crippen molar-refractivity contribution in [3.05, 3.63) is 37.2 Å². The molecule has 0 saturated carbocycles. The van der Waals surface area contributed by atoms with E-state index in [9.17, 15) is 0 Å². The minimum Gasteiger partial charge on any atom is -0.310 e. The molecular weight excluding hydrogens is 414 g/mol. The predicted octanol–water partition coefficient (Wildman–Crippen LogP) is 5.33. The van der Waals surface area contributed by atoms with Crippen molar-refractivity contribution in [3.8, 4) is 0 Å². The molecule has 0 aliphatic carbocycles. The molecule has 116 valence electrons. The van der Waals surface area contributed by atoms with E-state index in [1.807, 2.05) is 0 Å². The topological polar surface area (TPSA) is 29.9 Å². The number of rotatable bonds is 7. The summed E-state index contributed by atoms with van der Waals surface area (Å²) in [7, 11) is 0. The van der Waals surface area contributed by atoms with Crippen LogP contribution in [0.15, 0.2) is 25.9 Å². The molecule has 2 heterocycles. The molecule has 2 unspecified atom stereocenters. The van der Waals surface area contributed by atoms with Gasteiger partial charge in [0.05, 0.1) is 13.3 Å². The van der Waals surface area contributed by atoms with E-state index in [-0.39, 0.29) is 6.04 Å².